The molecule has 0 aliphatic carbocycles. The van der Waals surface area contributed by atoms with Crippen molar-refractivity contribution >= 4 is 17.1 Å². The zero-order valence-corrected chi connectivity index (χ0v) is 13.6. The van der Waals surface area contributed by atoms with Gasteiger partial charge in [0, 0.05) is 29.8 Å². The van der Waals surface area contributed by atoms with Crippen molar-refractivity contribution in [3.05, 3.63) is 59.7 Å². The predicted octanol–water partition coefficient (Wildman–Crippen LogP) is 3.43. The lowest BCUT2D eigenvalue weighted by Gasteiger charge is -2.10. The SMILES string of the molecule is CC1=CCCOc2cc3nc(-c4ccc(F)cc4)c(C(N)=O)n3cc21. The summed E-state index contributed by atoms with van der Waals surface area (Å²) in [4.78, 5) is 16.6. The summed E-state index contributed by atoms with van der Waals surface area (Å²) < 4.78 is 20.7. The van der Waals surface area contributed by atoms with Crippen LogP contribution in [0.5, 0.6) is 5.75 Å². The second kappa shape index (κ2) is 5.73. The molecule has 2 N–H and O–H groups in total. The lowest BCUT2D eigenvalue weighted by atomic mass is 10.1. The second-order valence-electron chi connectivity index (χ2n) is 5.98. The molecule has 1 aliphatic rings. The highest BCUT2D eigenvalue weighted by Gasteiger charge is 2.21. The van der Waals surface area contributed by atoms with Crippen LogP contribution in [0.15, 0.2) is 42.6 Å². The molecule has 0 radical (unpaired) electrons. The molecule has 5 nitrogen and oxygen atoms in total. The maximum Gasteiger partial charge on any atom is 0.268 e. The first-order valence-corrected chi connectivity index (χ1v) is 7.96. The molecule has 126 valence electrons. The van der Waals surface area contributed by atoms with E-state index >= 15 is 0 Å². The zero-order valence-electron chi connectivity index (χ0n) is 13.6. The number of rotatable bonds is 2. The lowest BCUT2D eigenvalue weighted by molar-refractivity contribution is 0.0995. The summed E-state index contributed by atoms with van der Waals surface area (Å²) in [5.41, 5.74) is 9.46. The highest BCUT2D eigenvalue weighted by atomic mass is 19.1. The molecule has 0 spiro atoms. The van der Waals surface area contributed by atoms with Gasteiger partial charge in [-0.25, -0.2) is 9.37 Å². The van der Waals surface area contributed by atoms with E-state index in [2.05, 4.69) is 11.1 Å². The molecule has 3 aromatic rings. The molecule has 1 aliphatic heterocycles. The Hall–Kier alpha value is -3.15. The number of ether oxygens (including phenoxy) is 1. The Labute approximate surface area is 143 Å². The van der Waals surface area contributed by atoms with Crippen LogP contribution in [-0.4, -0.2) is 21.9 Å². The standard InChI is InChI=1S/C19H16FN3O2/c1-11-3-2-8-25-15-9-16-22-17(12-4-6-13(20)7-5-12)18(19(21)24)23(16)10-14(11)15/h3-7,9-10H,2,8H2,1H3,(H2,21,24). The number of allylic oxidation sites excluding steroid dienone is 1. The van der Waals surface area contributed by atoms with Gasteiger partial charge in [-0.15, -0.1) is 0 Å². The topological polar surface area (TPSA) is 69.6 Å². The Kier molecular flexibility index (Phi) is 3.53. The number of hydrogen-bond donors (Lipinski definition) is 1. The first kappa shape index (κ1) is 15.4. The van der Waals surface area contributed by atoms with Gasteiger partial charge in [-0.05, 0) is 36.8 Å². The van der Waals surface area contributed by atoms with E-state index in [1.807, 2.05) is 13.1 Å². The van der Waals surface area contributed by atoms with Crippen LogP contribution < -0.4 is 10.5 Å². The van der Waals surface area contributed by atoms with Crippen molar-refractivity contribution < 1.29 is 13.9 Å². The molecular weight excluding hydrogens is 321 g/mol. The number of benzene rings is 1. The number of halogens is 1. The van der Waals surface area contributed by atoms with Crippen molar-refractivity contribution in [2.24, 2.45) is 5.73 Å². The van der Waals surface area contributed by atoms with E-state index in [-0.39, 0.29) is 11.5 Å². The summed E-state index contributed by atoms with van der Waals surface area (Å²) in [6.07, 6.45) is 4.74. The molecule has 0 fully saturated rings. The van der Waals surface area contributed by atoms with Gasteiger partial charge in [0.05, 0.1) is 6.61 Å². The number of nitrogens with zero attached hydrogens (tertiary/aromatic N) is 2. The van der Waals surface area contributed by atoms with Crippen molar-refractivity contribution in [1.29, 1.82) is 0 Å². The molecule has 6 heteroatoms. The van der Waals surface area contributed by atoms with Crippen molar-refractivity contribution in [3.63, 3.8) is 0 Å². The predicted molar refractivity (Wildman–Crippen MR) is 92.9 cm³/mol. The lowest BCUT2D eigenvalue weighted by Crippen LogP contribution is -2.15. The number of primary amides is 1. The van der Waals surface area contributed by atoms with Crippen LogP contribution in [0.25, 0.3) is 22.5 Å². The quantitative estimate of drug-likeness (QED) is 0.779. The number of hydrogen-bond acceptors (Lipinski definition) is 3. The van der Waals surface area contributed by atoms with E-state index in [4.69, 9.17) is 10.5 Å². The molecule has 0 atom stereocenters. The van der Waals surface area contributed by atoms with Crippen molar-refractivity contribution in [2.75, 3.05) is 6.61 Å². The van der Waals surface area contributed by atoms with Gasteiger partial charge in [0.2, 0.25) is 0 Å². The molecule has 0 saturated heterocycles. The Balaban J connectivity index is 2.00. The molecule has 2 aromatic heterocycles. The van der Waals surface area contributed by atoms with Gasteiger partial charge in [-0.3, -0.25) is 9.20 Å². The largest absolute Gasteiger partial charge is 0.492 e. The van der Waals surface area contributed by atoms with Crippen LogP contribution >= 0.6 is 0 Å². The number of pyridine rings is 1. The van der Waals surface area contributed by atoms with Crippen LogP contribution in [0.3, 0.4) is 0 Å². The summed E-state index contributed by atoms with van der Waals surface area (Å²) in [7, 11) is 0. The van der Waals surface area contributed by atoms with Gasteiger partial charge >= 0.3 is 0 Å². The van der Waals surface area contributed by atoms with Gasteiger partial charge in [0.25, 0.3) is 5.91 Å². The maximum absolute atomic E-state index is 13.2. The molecule has 0 bridgehead atoms. The van der Waals surface area contributed by atoms with Gasteiger partial charge in [0.1, 0.15) is 28.6 Å². The molecule has 0 saturated carbocycles. The molecule has 0 unspecified atom stereocenters. The van der Waals surface area contributed by atoms with E-state index in [0.29, 0.717) is 23.5 Å². The van der Waals surface area contributed by atoms with Crippen LogP contribution in [0.2, 0.25) is 0 Å². The summed E-state index contributed by atoms with van der Waals surface area (Å²) in [6, 6.07) is 7.62. The highest BCUT2D eigenvalue weighted by molar-refractivity contribution is 5.98. The smallest absolute Gasteiger partial charge is 0.268 e. The van der Waals surface area contributed by atoms with Crippen molar-refractivity contribution in [2.45, 2.75) is 13.3 Å². The number of aromatic nitrogens is 2. The van der Waals surface area contributed by atoms with Gasteiger partial charge in [-0.1, -0.05) is 6.08 Å². The van der Waals surface area contributed by atoms with Gasteiger partial charge in [0.15, 0.2) is 0 Å². The van der Waals surface area contributed by atoms with Crippen molar-refractivity contribution in [1.82, 2.24) is 9.38 Å². The number of imidazole rings is 1. The fourth-order valence-corrected chi connectivity index (χ4v) is 3.08. The third-order valence-corrected chi connectivity index (χ3v) is 4.32. The molecular formula is C19H16FN3O2. The average molecular weight is 337 g/mol. The zero-order chi connectivity index (χ0) is 17.6. The van der Waals surface area contributed by atoms with E-state index in [1.165, 1.54) is 12.1 Å². The molecule has 1 amide bonds. The minimum atomic E-state index is -0.594. The Morgan fingerprint density at radius 1 is 1.32 bits per heavy atom. The first-order chi connectivity index (χ1) is 12.0. The minimum Gasteiger partial charge on any atom is -0.492 e. The number of amides is 1. The van der Waals surface area contributed by atoms with E-state index in [1.54, 1.807) is 22.6 Å². The maximum atomic E-state index is 13.2. The summed E-state index contributed by atoms with van der Waals surface area (Å²) in [6.45, 7) is 2.59. The normalized spacial score (nSPS) is 13.8. The third kappa shape index (κ3) is 2.55. The highest BCUT2D eigenvalue weighted by Crippen LogP contribution is 2.33. The Morgan fingerprint density at radius 3 is 2.80 bits per heavy atom. The van der Waals surface area contributed by atoms with E-state index in [0.717, 1.165) is 23.3 Å². The Morgan fingerprint density at radius 2 is 2.08 bits per heavy atom. The Bertz CT molecular complexity index is 1020. The number of carbonyl (C=O) groups excluding carboxylic acids is 1. The summed E-state index contributed by atoms with van der Waals surface area (Å²) >= 11 is 0. The third-order valence-electron chi connectivity index (χ3n) is 4.32. The van der Waals surface area contributed by atoms with Crippen LogP contribution in [-0.2, 0) is 0 Å². The first-order valence-electron chi connectivity index (χ1n) is 7.96. The van der Waals surface area contributed by atoms with Gasteiger partial charge in [-0.2, -0.15) is 0 Å². The minimum absolute atomic E-state index is 0.265. The number of fused-ring (bicyclic) bond motifs is 2. The molecule has 3 heterocycles. The molecule has 25 heavy (non-hydrogen) atoms. The summed E-state index contributed by atoms with van der Waals surface area (Å²) in [5.74, 6) is -0.220. The summed E-state index contributed by atoms with van der Waals surface area (Å²) in [5, 5.41) is 0. The van der Waals surface area contributed by atoms with Crippen LogP contribution in [0.4, 0.5) is 4.39 Å². The number of carbonyl (C=O) groups is 1. The second-order valence-corrected chi connectivity index (χ2v) is 5.98. The van der Waals surface area contributed by atoms with Crippen LogP contribution in [0, 0.1) is 5.82 Å². The van der Waals surface area contributed by atoms with E-state index in [9.17, 15) is 9.18 Å². The van der Waals surface area contributed by atoms with Gasteiger partial charge < -0.3 is 10.5 Å². The average Bonchev–Trinajstić information content (AvgIpc) is 2.87. The van der Waals surface area contributed by atoms with Crippen molar-refractivity contribution in [3.8, 4) is 17.0 Å². The fourth-order valence-electron chi connectivity index (χ4n) is 3.08. The fraction of sp³-hybridized carbons (Fsp3) is 0.158. The van der Waals surface area contributed by atoms with E-state index < -0.39 is 5.91 Å². The molecule has 4 rings (SSSR count). The molecule has 1 aromatic carbocycles. The number of nitrogens with two attached hydrogens (primary N) is 1. The monoisotopic (exact) mass is 337 g/mol. The van der Waals surface area contributed by atoms with Crippen LogP contribution in [0.1, 0.15) is 29.4 Å².